The van der Waals surface area contributed by atoms with Gasteiger partial charge in [0.1, 0.15) is 19.1 Å². The van der Waals surface area contributed by atoms with Gasteiger partial charge in [0.15, 0.2) is 5.78 Å². The molecule has 0 aliphatic rings. The highest BCUT2D eigenvalue weighted by atomic mass is 19.3. The Kier molecular flexibility index (Phi) is 8.36. The second kappa shape index (κ2) is 8.89. The van der Waals surface area contributed by atoms with E-state index in [1.807, 2.05) is 6.92 Å². The zero-order valence-electron chi connectivity index (χ0n) is 11.3. The molecule has 118 valence electrons. The van der Waals surface area contributed by atoms with E-state index in [4.69, 9.17) is 0 Å². The Morgan fingerprint density at radius 3 is 2.30 bits per heavy atom. The Hall–Kier alpha value is -1.18. The molecule has 0 bridgehead atoms. The molecule has 8 heteroatoms. The number of carbonyl (C=O) groups excluding carboxylic acids is 2. The van der Waals surface area contributed by atoms with Gasteiger partial charge >= 0.3 is 18.3 Å². The van der Waals surface area contributed by atoms with E-state index in [0.717, 1.165) is 13.5 Å². The van der Waals surface area contributed by atoms with Crippen LogP contribution in [0.3, 0.4) is 0 Å². The third-order valence-corrected chi connectivity index (χ3v) is 2.58. The number of ketones is 1. The van der Waals surface area contributed by atoms with Crippen LogP contribution in [-0.2, 0) is 19.1 Å². The van der Waals surface area contributed by atoms with Crippen LogP contribution in [0.1, 0.15) is 26.2 Å². The highest BCUT2D eigenvalue weighted by Crippen LogP contribution is 2.23. The summed E-state index contributed by atoms with van der Waals surface area (Å²) < 4.78 is 57.5. The van der Waals surface area contributed by atoms with Crippen molar-refractivity contribution < 1.29 is 36.6 Å². The number of ether oxygens (including phenoxy) is 2. The number of Topliss-reactive ketones (excluding diaryl/α,β-unsaturated/α-hetero) is 1. The van der Waals surface area contributed by atoms with Crippen molar-refractivity contribution in [3.63, 3.8) is 0 Å². The lowest BCUT2D eigenvalue weighted by Gasteiger charge is -2.16. The normalized spacial score (nSPS) is 13.3. The topological polar surface area (TPSA) is 52.6 Å². The molecule has 0 heterocycles. The molecule has 4 nitrogen and oxygen atoms in total. The van der Waals surface area contributed by atoms with Crippen molar-refractivity contribution in [2.75, 3.05) is 20.3 Å². The number of alkyl halides is 4. The fourth-order valence-corrected chi connectivity index (χ4v) is 1.41. The maximum atomic E-state index is 12.5. The summed E-state index contributed by atoms with van der Waals surface area (Å²) in [6, 6.07) is 0. The lowest BCUT2D eigenvalue weighted by Crippen LogP contribution is -2.35. The van der Waals surface area contributed by atoms with Gasteiger partial charge in [0, 0.05) is 0 Å². The van der Waals surface area contributed by atoms with Gasteiger partial charge in [0.25, 0.3) is 0 Å². The second-order valence-corrected chi connectivity index (χ2v) is 4.24. The van der Waals surface area contributed by atoms with Crippen LogP contribution >= 0.6 is 0 Å². The Morgan fingerprint density at radius 1 is 1.25 bits per heavy atom. The van der Waals surface area contributed by atoms with Crippen molar-refractivity contribution >= 4 is 11.8 Å². The molecule has 1 atom stereocenters. The van der Waals surface area contributed by atoms with Gasteiger partial charge in [-0.25, -0.2) is 8.78 Å². The van der Waals surface area contributed by atoms with Gasteiger partial charge in [-0.15, -0.1) is 0 Å². The molecular weight excluding hydrogens is 284 g/mol. The van der Waals surface area contributed by atoms with Gasteiger partial charge in [0.2, 0.25) is 0 Å². The summed E-state index contributed by atoms with van der Waals surface area (Å²) >= 11 is 0. The second-order valence-electron chi connectivity index (χ2n) is 4.24. The maximum absolute atomic E-state index is 12.5. The quantitative estimate of drug-likeness (QED) is 0.353. The number of hydrogen-bond acceptors (Lipinski definition) is 4. The zero-order valence-corrected chi connectivity index (χ0v) is 11.3. The predicted octanol–water partition coefficient (Wildman–Crippen LogP) is 2.45. The van der Waals surface area contributed by atoms with Crippen molar-refractivity contribution in [2.45, 2.75) is 38.5 Å². The minimum absolute atomic E-state index is 0.205. The molecule has 0 fully saturated rings. The smallest absolute Gasteiger partial charge is 0.330 e. The number of unbranched alkanes of at least 4 members (excludes halogenated alkanes) is 1. The fourth-order valence-electron chi connectivity index (χ4n) is 1.41. The monoisotopic (exact) mass is 302 g/mol. The van der Waals surface area contributed by atoms with Crippen molar-refractivity contribution in [1.29, 1.82) is 0 Å². The van der Waals surface area contributed by atoms with E-state index in [-0.39, 0.29) is 6.42 Å². The van der Waals surface area contributed by atoms with E-state index in [1.54, 1.807) is 0 Å². The first-order valence-corrected chi connectivity index (χ1v) is 6.10. The largest absolute Gasteiger partial charge is 0.468 e. The van der Waals surface area contributed by atoms with Crippen molar-refractivity contribution in [2.24, 2.45) is 5.92 Å². The van der Waals surface area contributed by atoms with E-state index < -0.39 is 43.2 Å². The summed E-state index contributed by atoms with van der Waals surface area (Å²) in [5.41, 5.74) is 0. The Labute approximate surface area is 114 Å². The molecule has 0 amide bonds. The Morgan fingerprint density at radius 2 is 1.85 bits per heavy atom. The average Bonchev–Trinajstić information content (AvgIpc) is 2.38. The minimum atomic E-state index is -4.32. The van der Waals surface area contributed by atoms with Crippen molar-refractivity contribution in [3.8, 4) is 0 Å². The first-order valence-electron chi connectivity index (χ1n) is 6.10. The van der Waals surface area contributed by atoms with Gasteiger partial charge in [-0.1, -0.05) is 19.8 Å². The third-order valence-electron chi connectivity index (χ3n) is 2.58. The third kappa shape index (κ3) is 6.31. The van der Waals surface area contributed by atoms with E-state index in [1.165, 1.54) is 0 Å². The van der Waals surface area contributed by atoms with Gasteiger partial charge in [0.05, 0.1) is 7.11 Å². The molecule has 20 heavy (non-hydrogen) atoms. The molecule has 0 aromatic heterocycles. The molecule has 0 aromatic carbocycles. The van der Waals surface area contributed by atoms with Crippen LogP contribution < -0.4 is 0 Å². The molecule has 1 unspecified atom stereocenters. The van der Waals surface area contributed by atoms with E-state index in [0.29, 0.717) is 6.42 Å². The summed E-state index contributed by atoms with van der Waals surface area (Å²) in [5, 5.41) is 0. The van der Waals surface area contributed by atoms with Crippen LogP contribution in [0.4, 0.5) is 17.6 Å². The molecule has 0 saturated carbocycles. The molecule has 0 saturated heterocycles. The lowest BCUT2D eigenvalue weighted by atomic mass is 9.98. The summed E-state index contributed by atoms with van der Waals surface area (Å²) in [5.74, 6) is -6.96. The first kappa shape index (κ1) is 18.8. The highest BCUT2D eigenvalue weighted by molar-refractivity contribution is 5.99. The fraction of sp³-hybridized carbons (Fsp3) is 0.833. The van der Waals surface area contributed by atoms with Gasteiger partial charge < -0.3 is 9.47 Å². The lowest BCUT2D eigenvalue weighted by molar-refractivity contribution is -0.170. The number of rotatable bonds is 10. The van der Waals surface area contributed by atoms with Crippen molar-refractivity contribution in [1.82, 2.24) is 0 Å². The van der Waals surface area contributed by atoms with Crippen LogP contribution in [-0.4, -0.2) is 44.4 Å². The van der Waals surface area contributed by atoms with E-state index >= 15 is 0 Å². The highest BCUT2D eigenvalue weighted by Gasteiger charge is 2.41. The van der Waals surface area contributed by atoms with Crippen LogP contribution in [0.15, 0.2) is 0 Å². The average molecular weight is 302 g/mol. The number of carbonyl (C=O) groups is 2. The van der Waals surface area contributed by atoms with Gasteiger partial charge in [-0.05, 0) is 6.42 Å². The number of methoxy groups -OCH3 is 1. The molecule has 0 aliphatic heterocycles. The predicted molar refractivity (Wildman–Crippen MR) is 61.8 cm³/mol. The van der Waals surface area contributed by atoms with Crippen LogP contribution in [0.25, 0.3) is 0 Å². The molecule has 0 aromatic rings. The maximum Gasteiger partial charge on any atom is 0.330 e. The van der Waals surface area contributed by atoms with Crippen LogP contribution in [0.5, 0.6) is 0 Å². The minimum Gasteiger partial charge on any atom is -0.468 e. The molecule has 0 rings (SSSR count). The zero-order chi connectivity index (χ0) is 15.8. The number of halogens is 4. The molecule has 0 radical (unpaired) electrons. The molecular formula is C12H18F4O4. The van der Waals surface area contributed by atoms with Gasteiger partial charge in [-0.3, -0.25) is 9.59 Å². The molecule has 0 N–H and O–H groups in total. The van der Waals surface area contributed by atoms with Crippen molar-refractivity contribution in [3.05, 3.63) is 0 Å². The van der Waals surface area contributed by atoms with E-state index in [2.05, 4.69) is 9.47 Å². The summed E-state index contributed by atoms with van der Waals surface area (Å²) in [4.78, 5) is 23.0. The molecule has 0 aliphatic carbocycles. The van der Waals surface area contributed by atoms with Crippen LogP contribution in [0.2, 0.25) is 0 Å². The number of hydrogen-bond donors (Lipinski definition) is 0. The van der Waals surface area contributed by atoms with E-state index in [9.17, 15) is 27.2 Å². The van der Waals surface area contributed by atoms with Gasteiger partial charge in [-0.2, -0.15) is 8.78 Å². The summed E-state index contributed by atoms with van der Waals surface area (Å²) in [7, 11) is 1.10. The summed E-state index contributed by atoms with van der Waals surface area (Å²) in [6.07, 6.45) is -2.37. The Bertz CT molecular complexity index is 321. The SMILES string of the molecule is CCCCC(C(=O)COCC(F)(F)C(F)F)C(=O)OC. The standard InChI is InChI=1S/C12H18F4O4/c1-3-4-5-8(10(18)19-2)9(17)6-20-7-12(15,16)11(13)14/h8,11H,3-7H2,1-2H3. The van der Waals surface area contributed by atoms with Crippen LogP contribution in [0, 0.1) is 5.92 Å². The number of esters is 1. The summed E-state index contributed by atoms with van der Waals surface area (Å²) in [6.45, 7) is -0.553. The molecule has 0 spiro atoms. The first-order chi connectivity index (χ1) is 9.26. The Balaban J connectivity index is 4.36.